The lowest BCUT2D eigenvalue weighted by molar-refractivity contribution is 0.343. The summed E-state index contributed by atoms with van der Waals surface area (Å²) in [6, 6.07) is 0. The van der Waals surface area contributed by atoms with Gasteiger partial charge in [0.2, 0.25) is 0 Å². The molecule has 0 spiro atoms. The Morgan fingerprint density at radius 2 is 2.20 bits per heavy atom. The van der Waals surface area contributed by atoms with Gasteiger partial charge in [-0.3, -0.25) is 9.46 Å². The maximum Gasteiger partial charge on any atom is 0.175 e. The second kappa shape index (κ2) is 6.36. The van der Waals surface area contributed by atoms with Gasteiger partial charge >= 0.3 is 0 Å². The van der Waals surface area contributed by atoms with Gasteiger partial charge in [-0.15, -0.1) is 23.2 Å². The van der Waals surface area contributed by atoms with Crippen LogP contribution >= 0.6 is 31.7 Å². The molecule has 60 valence electrons. The van der Waals surface area contributed by atoms with Crippen molar-refractivity contribution in [3.05, 3.63) is 0 Å². The molecule has 0 saturated carbocycles. The van der Waals surface area contributed by atoms with E-state index in [1.165, 1.54) is 0 Å². The van der Waals surface area contributed by atoms with Gasteiger partial charge in [-0.25, -0.2) is 0 Å². The summed E-state index contributed by atoms with van der Waals surface area (Å²) in [6.07, 6.45) is 0. The van der Waals surface area contributed by atoms with E-state index in [2.05, 4.69) is 0 Å². The molecule has 0 saturated heterocycles. The number of hydrogen-bond acceptors (Lipinski definition) is 2. The summed E-state index contributed by atoms with van der Waals surface area (Å²) in [6.45, 7) is 0.716. The maximum atomic E-state index is 10.4. The molecule has 0 aromatic heterocycles. The number of nitrogens with zero attached hydrogens (tertiary/aromatic N) is 1. The van der Waals surface area contributed by atoms with Crippen LogP contribution in [0.5, 0.6) is 0 Å². The van der Waals surface area contributed by atoms with Crippen molar-refractivity contribution in [1.82, 2.24) is 4.90 Å². The molecule has 0 rings (SSSR count). The third-order valence-corrected chi connectivity index (χ3v) is 2.70. The minimum atomic E-state index is -0.0968. The van der Waals surface area contributed by atoms with E-state index in [1.807, 2.05) is 11.9 Å². The highest BCUT2D eigenvalue weighted by Crippen LogP contribution is 2.11. The Labute approximate surface area is 72.7 Å². The average molecular weight is 202 g/mol. The van der Waals surface area contributed by atoms with Gasteiger partial charge in [0.15, 0.2) is 8.46 Å². The average Bonchev–Trinajstić information content (AvgIpc) is 1.91. The maximum absolute atomic E-state index is 10.4. The molecule has 1 atom stereocenters. The number of halogens is 2. The van der Waals surface area contributed by atoms with Crippen LogP contribution in [-0.2, 0) is 4.57 Å². The first kappa shape index (κ1) is 10.6. The van der Waals surface area contributed by atoms with E-state index in [9.17, 15) is 4.57 Å². The molecule has 5 heteroatoms. The van der Waals surface area contributed by atoms with Crippen molar-refractivity contribution in [2.24, 2.45) is 0 Å². The van der Waals surface area contributed by atoms with E-state index >= 15 is 0 Å². The number of hydrogen-bond donors (Lipinski definition) is 0. The summed E-state index contributed by atoms with van der Waals surface area (Å²) >= 11 is 11.0. The van der Waals surface area contributed by atoms with Gasteiger partial charge in [-0.1, -0.05) is 0 Å². The SMILES string of the molecule is CN(CCCl)C(CCl)P=O. The first-order valence-corrected chi connectivity index (χ1v) is 4.86. The van der Waals surface area contributed by atoms with Gasteiger partial charge in [0.1, 0.15) is 5.78 Å². The second-order valence-corrected chi connectivity index (χ2v) is 3.40. The predicted octanol–water partition coefficient (Wildman–Crippen LogP) is 2.01. The fraction of sp³-hybridized carbons (Fsp3) is 1.00. The summed E-state index contributed by atoms with van der Waals surface area (Å²) in [4.78, 5) is 1.87. The molecule has 0 aliphatic carbocycles. The highest BCUT2D eigenvalue weighted by molar-refractivity contribution is 7.24. The van der Waals surface area contributed by atoms with E-state index < -0.39 is 0 Å². The Morgan fingerprint density at radius 1 is 1.60 bits per heavy atom. The third kappa shape index (κ3) is 3.72. The first-order valence-electron chi connectivity index (χ1n) is 2.91. The topological polar surface area (TPSA) is 20.3 Å². The van der Waals surface area contributed by atoms with Crippen molar-refractivity contribution in [3.63, 3.8) is 0 Å². The van der Waals surface area contributed by atoms with Crippen LogP contribution in [0, 0.1) is 0 Å². The fourth-order valence-electron chi connectivity index (χ4n) is 0.509. The van der Waals surface area contributed by atoms with Crippen LogP contribution in [0.2, 0.25) is 0 Å². The van der Waals surface area contributed by atoms with Gasteiger partial charge in [0.05, 0.1) is 0 Å². The molecule has 0 aromatic carbocycles. The lowest BCUT2D eigenvalue weighted by Gasteiger charge is -2.18. The Kier molecular flexibility index (Phi) is 6.76. The van der Waals surface area contributed by atoms with Crippen molar-refractivity contribution in [3.8, 4) is 0 Å². The van der Waals surface area contributed by atoms with Crippen LogP contribution in [-0.4, -0.2) is 36.0 Å². The third-order valence-electron chi connectivity index (χ3n) is 1.21. The largest absolute Gasteiger partial charge is 0.291 e. The van der Waals surface area contributed by atoms with Crippen molar-refractivity contribution in [1.29, 1.82) is 0 Å². The summed E-state index contributed by atoms with van der Waals surface area (Å²) in [7, 11) is 1.91. The standard InChI is InChI=1S/C5H10Cl2NOP/c1-8(3-2-6)5(4-7)10-9/h5H,2-4H2,1H3. The predicted molar refractivity (Wildman–Crippen MR) is 45.5 cm³/mol. The van der Waals surface area contributed by atoms with Crippen LogP contribution < -0.4 is 0 Å². The molecule has 2 nitrogen and oxygen atoms in total. The van der Waals surface area contributed by atoms with E-state index in [4.69, 9.17) is 23.2 Å². The summed E-state index contributed by atoms with van der Waals surface area (Å²) in [5.41, 5.74) is 0. The van der Waals surface area contributed by atoms with Gasteiger partial charge < -0.3 is 0 Å². The molecule has 0 amide bonds. The van der Waals surface area contributed by atoms with Gasteiger partial charge in [-0.2, -0.15) is 0 Å². The fourth-order valence-corrected chi connectivity index (χ4v) is 1.51. The molecule has 0 bridgehead atoms. The Morgan fingerprint density at radius 3 is 2.50 bits per heavy atom. The first-order chi connectivity index (χ1) is 4.76. The van der Waals surface area contributed by atoms with Crippen LogP contribution in [0.3, 0.4) is 0 Å². The lowest BCUT2D eigenvalue weighted by atomic mass is 10.6. The minimum Gasteiger partial charge on any atom is -0.291 e. The molecule has 0 fully saturated rings. The van der Waals surface area contributed by atoms with E-state index in [0.717, 1.165) is 0 Å². The number of alkyl halides is 2. The molecule has 1 unspecified atom stereocenters. The lowest BCUT2D eigenvalue weighted by Crippen LogP contribution is -2.30. The second-order valence-electron chi connectivity index (χ2n) is 1.91. The summed E-state index contributed by atoms with van der Waals surface area (Å²) in [5, 5.41) is 0. The highest BCUT2D eigenvalue weighted by atomic mass is 35.5. The summed E-state index contributed by atoms with van der Waals surface area (Å²) < 4.78 is 10.4. The van der Waals surface area contributed by atoms with Crippen molar-refractivity contribution >= 4 is 31.7 Å². The molecular weight excluding hydrogens is 192 g/mol. The minimum absolute atomic E-state index is 0.0639. The Hall–Kier alpha value is 0.640. The van der Waals surface area contributed by atoms with Gasteiger partial charge in [0, 0.05) is 18.3 Å². The van der Waals surface area contributed by atoms with Crippen molar-refractivity contribution in [2.75, 3.05) is 25.4 Å². The zero-order valence-electron chi connectivity index (χ0n) is 5.76. The normalized spacial score (nSPS) is 14.4. The van der Waals surface area contributed by atoms with E-state index in [1.54, 1.807) is 0 Å². The molecular formula is C5H10Cl2NOP. The highest BCUT2D eigenvalue weighted by Gasteiger charge is 2.11. The smallest absolute Gasteiger partial charge is 0.175 e. The molecule has 0 radical (unpaired) electrons. The van der Waals surface area contributed by atoms with E-state index in [-0.39, 0.29) is 14.2 Å². The summed E-state index contributed by atoms with van der Waals surface area (Å²) in [5.74, 6) is 0.818. The van der Waals surface area contributed by atoms with Crippen molar-refractivity contribution in [2.45, 2.75) is 5.78 Å². The quantitative estimate of drug-likeness (QED) is 0.502. The van der Waals surface area contributed by atoms with E-state index in [0.29, 0.717) is 18.3 Å². The molecule has 0 aliphatic heterocycles. The molecule has 10 heavy (non-hydrogen) atoms. The molecule has 0 aromatic rings. The van der Waals surface area contributed by atoms with Gasteiger partial charge in [-0.05, 0) is 7.05 Å². The zero-order valence-corrected chi connectivity index (χ0v) is 8.16. The Balaban J connectivity index is 3.63. The van der Waals surface area contributed by atoms with Crippen LogP contribution in [0.4, 0.5) is 0 Å². The molecule has 0 aliphatic rings. The monoisotopic (exact) mass is 201 g/mol. The number of rotatable bonds is 5. The molecule has 0 N–H and O–H groups in total. The van der Waals surface area contributed by atoms with Crippen LogP contribution in [0.1, 0.15) is 0 Å². The van der Waals surface area contributed by atoms with Gasteiger partial charge in [0.25, 0.3) is 0 Å². The van der Waals surface area contributed by atoms with Crippen molar-refractivity contribution < 1.29 is 4.57 Å². The zero-order chi connectivity index (χ0) is 7.98. The Bertz CT molecular complexity index is 104. The van der Waals surface area contributed by atoms with Crippen LogP contribution in [0.25, 0.3) is 0 Å². The van der Waals surface area contributed by atoms with Crippen LogP contribution in [0.15, 0.2) is 0 Å². The molecule has 0 heterocycles.